The van der Waals surface area contributed by atoms with E-state index >= 15 is 0 Å². The summed E-state index contributed by atoms with van der Waals surface area (Å²) in [6, 6.07) is 8.18. The van der Waals surface area contributed by atoms with Crippen LogP contribution in [0, 0.1) is 5.92 Å². The molecule has 0 bridgehead atoms. The number of hydrogen-bond acceptors (Lipinski definition) is 3. The number of methoxy groups -OCH3 is 1. The van der Waals surface area contributed by atoms with E-state index in [4.69, 9.17) is 4.74 Å². The van der Waals surface area contributed by atoms with Crippen LogP contribution in [-0.4, -0.2) is 24.8 Å². The van der Waals surface area contributed by atoms with Gasteiger partial charge in [-0.15, -0.1) is 0 Å². The molecule has 0 aliphatic heterocycles. The monoisotopic (exact) mass is 263 g/mol. The molecule has 1 aliphatic rings. The van der Waals surface area contributed by atoms with Crippen LogP contribution in [0.3, 0.4) is 0 Å². The van der Waals surface area contributed by atoms with Gasteiger partial charge in [0, 0.05) is 12.6 Å². The van der Waals surface area contributed by atoms with E-state index in [-0.39, 0.29) is 0 Å². The maximum absolute atomic E-state index is 10.2. The first kappa shape index (κ1) is 14.4. The van der Waals surface area contributed by atoms with Crippen LogP contribution in [0.15, 0.2) is 24.3 Å². The summed E-state index contributed by atoms with van der Waals surface area (Å²) in [6.45, 7) is 2.82. The summed E-state index contributed by atoms with van der Waals surface area (Å²) in [6.07, 6.45) is 4.68. The van der Waals surface area contributed by atoms with Gasteiger partial charge in [-0.05, 0) is 36.5 Å². The van der Waals surface area contributed by atoms with Crippen LogP contribution < -0.4 is 10.1 Å². The Kier molecular flexibility index (Phi) is 5.23. The zero-order valence-electron chi connectivity index (χ0n) is 11.9. The first-order valence-corrected chi connectivity index (χ1v) is 7.28. The zero-order valence-corrected chi connectivity index (χ0v) is 11.9. The minimum atomic E-state index is -0.469. The van der Waals surface area contributed by atoms with Gasteiger partial charge in [0.15, 0.2) is 0 Å². The average Bonchev–Trinajstić information content (AvgIpc) is 3.27. The second-order valence-electron chi connectivity index (χ2n) is 5.48. The molecule has 1 fully saturated rings. The van der Waals surface area contributed by atoms with Gasteiger partial charge < -0.3 is 15.2 Å². The van der Waals surface area contributed by atoms with Crippen LogP contribution in [0.2, 0.25) is 0 Å². The highest BCUT2D eigenvalue weighted by Gasteiger charge is 2.24. The molecule has 1 aromatic carbocycles. The van der Waals surface area contributed by atoms with Crippen molar-refractivity contribution >= 4 is 0 Å². The van der Waals surface area contributed by atoms with Crippen LogP contribution >= 0.6 is 0 Å². The van der Waals surface area contributed by atoms with Gasteiger partial charge in [-0.2, -0.15) is 0 Å². The van der Waals surface area contributed by atoms with Crippen molar-refractivity contribution in [1.29, 1.82) is 0 Å². The SMILES string of the molecule is CCC(CC1CC1)NCC(O)c1cccc(OC)c1. The largest absolute Gasteiger partial charge is 0.497 e. The zero-order chi connectivity index (χ0) is 13.7. The fourth-order valence-corrected chi connectivity index (χ4v) is 2.40. The molecule has 2 rings (SSSR count). The van der Waals surface area contributed by atoms with E-state index < -0.39 is 6.10 Å². The van der Waals surface area contributed by atoms with E-state index in [1.165, 1.54) is 19.3 Å². The Morgan fingerprint density at radius 2 is 2.21 bits per heavy atom. The topological polar surface area (TPSA) is 41.5 Å². The molecule has 0 aromatic heterocycles. The van der Waals surface area contributed by atoms with Crippen LogP contribution in [0.5, 0.6) is 5.75 Å². The Balaban J connectivity index is 1.82. The van der Waals surface area contributed by atoms with Gasteiger partial charge in [-0.25, -0.2) is 0 Å². The molecule has 0 amide bonds. The Morgan fingerprint density at radius 1 is 1.42 bits per heavy atom. The predicted octanol–water partition coefficient (Wildman–Crippen LogP) is 2.90. The van der Waals surface area contributed by atoms with Gasteiger partial charge in [0.05, 0.1) is 13.2 Å². The molecule has 19 heavy (non-hydrogen) atoms. The number of nitrogens with one attached hydrogen (secondary N) is 1. The van der Waals surface area contributed by atoms with Gasteiger partial charge in [0.25, 0.3) is 0 Å². The summed E-state index contributed by atoms with van der Waals surface area (Å²) in [5, 5.41) is 13.7. The standard InChI is InChI=1S/C16H25NO2/c1-3-14(9-12-7-8-12)17-11-16(18)13-5-4-6-15(10-13)19-2/h4-6,10,12,14,16-18H,3,7-9,11H2,1-2H3. The molecule has 0 heterocycles. The molecule has 1 saturated carbocycles. The second kappa shape index (κ2) is 6.92. The van der Waals surface area contributed by atoms with Gasteiger partial charge in [-0.1, -0.05) is 31.9 Å². The number of ether oxygens (including phenoxy) is 1. The highest BCUT2D eigenvalue weighted by Crippen LogP contribution is 2.34. The van der Waals surface area contributed by atoms with E-state index in [1.807, 2.05) is 24.3 Å². The first-order chi connectivity index (χ1) is 9.22. The molecular formula is C16H25NO2. The fraction of sp³-hybridized carbons (Fsp3) is 0.625. The van der Waals surface area contributed by atoms with E-state index in [1.54, 1.807) is 7.11 Å². The van der Waals surface area contributed by atoms with Crippen molar-refractivity contribution in [3.63, 3.8) is 0 Å². The quantitative estimate of drug-likeness (QED) is 0.758. The third-order valence-electron chi connectivity index (χ3n) is 3.89. The smallest absolute Gasteiger partial charge is 0.119 e. The highest BCUT2D eigenvalue weighted by atomic mass is 16.5. The molecule has 1 aliphatic carbocycles. The number of rotatable bonds is 8. The Labute approximate surface area is 116 Å². The molecular weight excluding hydrogens is 238 g/mol. The maximum Gasteiger partial charge on any atom is 0.119 e. The van der Waals surface area contributed by atoms with E-state index in [9.17, 15) is 5.11 Å². The first-order valence-electron chi connectivity index (χ1n) is 7.28. The fourth-order valence-electron chi connectivity index (χ4n) is 2.40. The van der Waals surface area contributed by atoms with Gasteiger partial charge in [-0.3, -0.25) is 0 Å². The normalized spacial score (nSPS) is 18.1. The van der Waals surface area contributed by atoms with Crippen molar-refractivity contribution in [3.8, 4) is 5.75 Å². The van der Waals surface area contributed by atoms with Crippen LogP contribution in [-0.2, 0) is 0 Å². The lowest BCUT2D eigenvalue weighted by Crippen LogP contribution is -2.32. The third-order valence-corrected chi connectivity index (χ3v) is 3.89. The van der Waals surface area contributed by atoms with Crippen molar-refractivity contribution in [2.24, 2.45) is 5.92 Å². The molecule has 2 N–H and O–H groups in total. The van der Waals surface area contributed by atoms with Crippen LogP contribution in [0.1, 0.15) is 44.3 Å². The Bertz CT molecular complexity index is 390. The number of benzene rings is 1. The molecule has 106 valence electrons. The summed E-state index contributed by atoms with van der Waals surface area (Å²) in [5.74, 6) is 1.72. The summed E-state index contributed by atoms with van der Waals surface area (Å²) >= 11 is 0. The van der Waals surface area contributed by atoms with Crippen LogP contribution in [0.25, 0.3) is 0 Å². The lowest BCUT2D eigenvalue weighted by molar-refractivity contribution is 0.167. The average molecular weight is 263 g/mol. The van der Waals surface area contributed by atoms with Crippen molar-refractivity contribution in [2.45, 2.75) is 44.8 Å². The molecule has 2 unspecified atom stereocenters. The summed E-state index contributed by atoms with van der Waals surface area (Å²) in [7, 11) is 1.65. The molecule has 0 radical (unpaired) electrons. The van der Waals surface area contributed by atoms with Crippen molar-refractivity contribution in [3.05, 3.63) is 29.8 Å². The van der Waals surface area contributed by atoms with E-state index in [0.717, 1.165) is 23.7 Å². The minimum Gasteiger partial charge on any atom is -0.497 e. The highest BCUT2D eigenvalue weighted by molar-refractivity contribution is 5.29. The lowest BCUT2D eigenvalue weighted by Gasteiger charge is -2.19. The summed E-state index contributed by atoms with van der Waals surface area (Å²) in [5.41, 5.74) is 0.910. The predicted molar refractivity (Wildman–Crippen MR) is 77.4 cm³/mol. The molecule has 0 spiro atoms. The lowest BCUT2D eigenvalue weighted by atomic mass is 10.1. The number of aliphatic hydroxyl groups is 1. The number of aliphatic hydroxyl groups excluding tert-OH is 1. The molecule has 3 nitrogen and oxygen atoms in total. The second-order valence-corrected chi connectivity index (χ2v) is 5.48. The van der Waals surface area contributed by atoms with Crippen LogP contribution in [0.4, 0.5) is 0 Å². The van der Waals surface area contributed by atoms with Gasteiger partial charge in [0.2, 0.25) is 0 Å². The maximum atomic E-state index is 10.2. The Morgan fingerprint density at radius 3 is 2.84 bits per heavy atom. The van der Waals surface area contributed by atoms with E-state index in [2.05, 4.69) is 12.2 Å². The van der Waals surface area contributed by atoms with Gasteiger partial charge in [0.1, 0.15) is 5.75 Å². The van der Waals surface area contributed by atoms with Crippen molar-refractivity contribution < 1.29 is 9.84 Å². The van der Waals surface area contributed by atoms with Crippen molar-refractivity contribution in [2.75, 3.05) is 13.7 Å². The molecule has 3 heteroatoms. The molecule has 0 saturated heterocycles. The van der Waals surface area contributed by atoms with Gasteiger partial charge >= 0.3 is 0 Å². The Hall–Kier alpha value is -1.06. The molecule has 1 aromatic rings. The van der Waals surface area contributed by atoms with Crippen molar-refractivity contribution in [1.82, 2.24) is 5.32 Å². The minimum absolute atomic E-state index is 0.469. The summed E-state index contributed by atoms with van der Waals surface area (Å²) < 4.78 is 5.18. The number of hydrogen-bond donors (Lipinski definition) is 2. The summed E-state index contributed by atoms with van der Waals surface area (Å²) in [4.78, 5) is 0. The third kappa shape index (κ3) is 4.51. The van der Waals surface area contributed by atoms with E-state index in [0.29, 0.717) is 12.6 Å². The molecule has 2 atom stereocenters.